The number of rotatable bonds is 1. The van der Waals surface area contributed by atoms with E-state index >= 15 is 0 Å². The highest BCUT2D eigenvalue weighted by Crippen LogP contribution is 2.45. The van der Waals surface area contributed by atoms with Gasteiger partial charge in [-0.15, -0.1) is 0 Å². The Morgan fingerprint density at radius 3 is 1.69 bits per heavy atom. The Labute approximate surface area is 316 Å². The van der Waals surface area contributed by atoms with E-state index in [1.54, 1.807) is 0 Å². The molecule has 0 saturated heterocycles. The predicted octanol–water partition coefficient (Wildman–Crippen LogP) is 7.02. The van der Waals surface area contributed by atoms with Crippen LogP contribution in [0, 0.1) is 0 Å². The van der Waals surface area contributed by atoms with Crippen LogP contribution in [-0.4, -0.2) is 41.6 Å². The van der Waals surface area contributed by atoms with E-state index in [2.05, 4.69) is 193 Å². The third kappa shape index (κ3) is 3.70. The molecule has 0 saturated carbocycles. The Bertz CT molecular complexity index is 2950. The molecule has 0 aromatic heterocycles. The van der Waals surface area contributed by atoms with Gasteiger partial charge in [-0.2, -0.15) is 0 Å². The number of hydrogen-bond donors (Lipinski definition) is 0. The minimum absolute atomic E-state index is 0.115. The van der Waals surface area contributed by atoms with E-state index in [1.807, 2.05) is 0 Å². The van der Waals surface area contributed by atoms with Gasteiger partial charge in [-0.3, -0.25) is 0 Å². The van der Waals surface area contributed by atoms with Crippen molar-refractivity contribution in [1.29, 1.82) is 0 Å². The minimum atomic E-state index is 0.115. The molecule has 0 amide bonds. The van der Waals surface area contributed by atoms with E-state index in [9.17, 15) is 0 Å². The van der Waals surface area contributed by atoms with Crippen LogP contribution in [0.1, 0.15) is 0 Å². The Hall–Kier alpha value is -6.39. The molecule has 0 fully saturated rings. The zero-order valence-corrected chi connectivity index (χ0v) is 30.8. The first-order valence-corrected chi connectivity index (χ1v) is 19.0. The van der Waals surface area contributed by atoms with Gasteiger partial charge < -0.3 is 19.6 Å². The molecule has 0 bridgehead atoms. The Kier molecular flexibility index (Phi) is 5.91. The summed E-state index contributed by atoms with van der Waals surface area (Å²) in [7, 11) is 9.00. The van der Waals surface area contributed by atoms with Crippen LogP contribution in [-0.2, 0) is 0 Å². The highest BCUT2D eigenvalue weighted by Gasteiger charge is 2.44. The fraction of sp³-hybridized carbons (Fsp3) is 0.0833. The molecule has 4 aliphatic rings. The molecule has 12 rings (SSSR count). The van der Waals surface area contributed by atoms with Crippen molar-refractivity contribution in [2.75, 3.05) is 47.8 Å². The minimum Gasteiger partial charge on any atom is -0.345 e. The fourth-order valence-electron chi connectivity index (χ4n) is 10.7. The normalized spacial score (nSPS) is 14.4. The van der Waals surface area contributed by atoms with Crippen molar-refractivity contribution >= 4 is 113 Å². The molecule has 4 aliphatic heterocycles. The number of nitrogens with zero attached hydrogens (tertiary/aromatic N) is 4. The van der Waals surface area contributed by atoms with E-state index in [4.69, 9.17) is 0 Å². The van der Waals surface area contributed by atoms with Crippen molar-refractivity contribution in [2.45, 2.75) is 0 Å². The third-order valence-electron chi connectivity index (χ3n) is 13.0. The highest BCUT2D eigenvalue weighted by atomic mass is 15.2. The van der Waals surface area contributed by atoms with Gasteiger partial charge in [0, 0.05) is 90.0 Å². The van der Waals surface area contributed by atoms with Gasteiger partial charge in [0.15, 0.2) is 0 Å². The second kappa shape index (κ2) is 10.6. The summed E-state index contributed by atoms with van der Waals surface area (Å²) in [5.41, 5.74) is 21.0. The first-order chi connectivity index (χ1) is 26.5. The molecule has 254 valence electrons. The maximum Gasteiger partial charge on any atom is 0.252 e. The molecule has 0 spiro atoms. The maximum atomic E-state index is 2.51. The van der Waals surface area contributed by atoms with Crippen molar-refractivity contribution in [3.63, 3.8) is 0 Å². The monoisotopic (exact) mass is 690 g/mol. The average Bonchev–Trinajstić information content (AvgIpc) is 3.22. The van der Waals surface area contributed by atoms with Gasteiger partial charge in [-0.05, 0) is 79.4 Å². The van der Waals surface area contributed by atoms with Gasteiger partial charge in [0.2, 0.25) is 0 Å². The number of hydrogen-bond acceptors (Lipinski definition) is 4. The van der Waals surface area contributed by atoms with Crippen LogP contribution in [0.15, 0.2) is 146 Å². The molecular formula is C48H36B2N4. The SMILES string of the molecule is CN1c2ccccc2B2c3cc(-c4ccc5c6c4N(C)c4ccccc4B6c4ccc6ccccc6c4N5C)ccc3N(C)c3c2c1cc1ccccc31. The molecule has 0 aliphatic carbocycles. The summed E-state index contributed by atoms with van der Waals surface area (Å²) in [4.78, 5) is 9.75. The van der Waals surface area contributed by atoms with Crippen molar-refractivity contribution < 1.29 is 0 Å². The molecule has 4 heterocycles. The number of fused-ring (bicyclic) bond motifs is 12. The molecule has 0 N–H and O–H groups in total. The lowest BCUT2D eigenvalue weighted by atomic mass is 9.33. The van der Waals surface area contributed by atoms with Crippen LogP contribution in [0.25, 0.3) is 32.7 Å². The molecular weight excluding hydrogens is 654 g/mol. The summed E-state index contributed by atoms with van der Waals surface area (Å²) in [5, 5.41) is 5.15. The molecule has 8 aromatic carbocycles. The summed E-state index contributed by atoms with van der Waals surface area (Å²) in [6.45, 7) is 0.245. The van der Waals surface area contributed by atoms with E-state index < -0.39 is 0 Å². The maximum absolute atomic E-state index is 2.51. The molecule has 8 aromatic rings. The number of anilines is 8. The summed E-state index contributed by atoms with van der Waals surface area (Å²) >= 11 is 0. The van der Waals surface area contributed by atoms with Crippen LogP contribution >= 0.6 is 0 Å². The Morgan fingerprint density at radius 1 is 0.352 bits per heavy atom. The fourth-order valence-corrected chi connectivity index (χ4v) is 10.7. The second-order valence-electron chi connectivity index (χ2n) is 15.5. The van der Waals surface area contributed by atoms with E-state index in [0.29, 0.717) is 0 Å². The molecule has 6 heteroatoms. The zero-order valence-electron chi connectivity index (χ0n) is 30.8. The standard InChI is InChI=1S/C48H36B2N4/c1-51-39-19-11-9-17-35(39)50-38-27-31(22-25-41(38)53(3)47-33-16-8-6-14-30(33)28-43(51)45(47)50)34-23-26-42-44-48(34)52(2)40-20-12-10-18-36(40)49(44)37-24-21-29-13-5-7-15-32(29)46(37)54(42)4/h5-28H,1-4H3. The summed E-state index contributed by atoms with van der Waals surface area (Å²) in [5.74, 6) is 0. The van der Waals surface area contributed by atoms with Crippen LogP contribution in [0.4, 0.5) is 45.5 Å². The molecule has 0 radical (unpaired) electrons. The van der Waals surface area contributed by atoms with Gasteiger partial charge in [0.1, 0.15) is 0 Å². The van der Waals surface area contributed by atoms with Gasteiger partial charge in [0.05, 0.1) is 0 Å². The van der Waals surface area contributed by atoms with Crippen LogP contribution in [0.2, 0.25) is 0 Å². The molecule has 54 heavy (non-hydrogen) atoms. The van der Waals surface area contributed by atoms with Crippen molar-refractivity contribution in [3.8, 4) is 11.1 Å². The first kappa shape index (κ1) is 30.1. The van der Waals surface area contributed by atoms with Gasteiger partial charge in [0.25, 0.3) is 13.4 Å². The third-order valence-corrected chi connectivity index (χ3v) is 13.0. The largest absolute Gasteiger partial charge is 0.345 e. The topological polar surface area (TPSA) is 13.0 Å². The second-order valence-corrected chi connectivity index (χ2v) is 15.5. The van der Waals surface area contributed by atoms with Crippen LogP contribution in [0.3, 0.4) is 0 Å². The Balaban J connectivity index is 1.11. The summed E-state index contributed by atoms with van der Waals surface area (Å²) < 4.78 is 0. The number of para-hydroxylation sites is 2. The lowest BCUT2D eigenvalue weighted by Gasteiger charge is -2.44. The van der Waals surface area contributed by atoms with E-state index in [-0.39, 0.29) is 13.4 Å². The van der Waals surface area contributed by atoms with Crippen molar-refractivity contribution in [1.82, 2.24) is 0 Å². The van der Waals surface area contributed by atoms with Gasteiger partial charge in [-0.1, -0.05) is 115 Å². The predicted molar refractivity (Wildman–Crippen MR) is 234 cm³/mol. The van der Waals surface area contributed by atoms with E-state index in [1.165, 1.54) is 111 Å². The molecule has 0 unspecified atom stereocenters. The zero-order chi connectivity index (χ0) is 36.0. The van der Waals surface area contributed by atoms with Crippen molar-refractivity contribution in [2.24, 2.45) is 0 Å². The van der Waals surface area contributed by atoms with E-state index in [0.717, 1.165) is 0 Å². The lowest BCUT2D eigenvalue weighted by Crippen LogP contribution is -2.62. The Morgan fingerprint density at radius 2 is 0.907 bits per heavy atom. The van der Waals surface area contributed by atoms with Crippen molar-refractivity contribution in [3.05, 3.63) is 146 Å². The van der Waals surface area contributed by atoms with Crippen LogP contribution in [0.5, 0.6) is 0 Å². The summed E-state index contributed by atoms with van der Waals surface area (Å²) in [6.07, 6.45) is 0. The quantitative estimate of drug-likeness (QED) is 0.172. The highest BCUT2D eigenvalue weighted by molar-refractivity contribution is 7.01. The summed E-state index contributed by atoms with van der Waals surface area (Å²) in [6, 6.07) is 54.8. The molecule has 0 atom stereocenters. The first-order valence-electron chi connectivity index (χ1n) is 19.0. The molecule has 4 nitrogen and oxygen atoms in total. The average molecular weight is 690 g/mol. The number of benzene rings is 8. The van der Waals surface area contributed by atoms with Gasteiger partial charge in [-0.25, -0.2) is 0 Å². The van der Waals surface area contributed by atoms with Gasteiger partial charge >= 0.3 is 0 Å². The lowest BCUT2D eigenvalue weighted by molar-refractivity contribution is 1.18. The van der Waals surface area contributed by atoms with Crippen LogP contribution < -0.4 is 52.4 Å². The smallest absolute Gasteiger partial charge is 0.252 e.